The molecule has 0 heterocycles. The fraction of sp³-hybridized carbons (Fsp3) is 0.429. The molecule has 0 aliphatic carbocycles. The summed E-state index contributed by atoms with van der Waals surface area (Å²) in [5, 5.41) is 7.87. The summed E-state index contributed by atoms with van der Waals surface area (Å²) in [7, 11) is 0. The number of ether oxygens (including phenoxy) is 1. The summed E-state index contributed by atoms with van der Waals surface area (Å²) in [6, 6.07) is 6.90. The first-order chi connectivity index (χ1) is 9.76. The fourth-order valence-electron chi connectivity index (χ4n) is 1.36. The number of amides is 3. The molecule has 0 radical (unpaired) electrons. The van der Waals surface area contributed by atoms with E-state index in [2.05, 4.69) is 31.9 Å². The fourth-order valence-corrected chi connectivity index (χ4v) is 1.63. The summed E-state index contributed by atoms with van der Waals surface area (Å²) in [6.07, 6.45) is -0.502. The van der Waals surface area contributed by atoms with E-state index in [0.29, 0.717) is 18.8 Å². The lowest BCUT2D eigenvalue weighted by atomic mass is 10.2. The highest BCUT2D eigenvalue weighted by molar-refractivity contribution is 9.10. The van der Waals surface area contributed by atoms with Gasteiger partial charge in [0.2, 0.25) is 0 Å². The van der Waals surface area contributed by atoms with Gasteiger partial charge in [-0.3, -0.25) is 0 Å². The number of rotatable bonds is 4. The second kappa shape index (κ2) is 7.87. The Bertz CT molecular complexity index is 483. The van der Waals surface area contributed by atoms with Crippen molar-refractivity contribution in [2.75, 3.05) is 18.4 Å². The Morgan fingerprint density at radius 3 is 2.24 bits per heavy atom. The first-order valence-electron chi connectivity index (χ1n) is 6.53. The highest BCUT2D eigenvalue weighted by Gasteiger charge is 2.15. The van der Waals surface area contributed by atoms with E-state index < -0.39 is 11.7 Å². The van der Waals surface area contributed by atoms with Crippen molar-refractivity contribution in [3.63, 3.8) is 0 Å². The van der Waals surface area contributed by atoms with Crippen LogP contribution in [0.5, 0.6) is 0 Å². The van der Waals surface area contributed by atoms with Crippen molar-refractivity contribution in [2.45, 2.75) is 26.4 Å². The molecular formula is C14H20BrN3O3. The first-order valence-corrected chi connectivity index (χ1v) is 7.33. The van der Waals surface area contributed by atoms with Gasteiger partial charge in [0.1, 0.15) is 5.60 Å². The number of benzene rings is 1. The average molecular weight is 358 g/mol. The number of hydrogen-bond donors (Lipinski definition) is 3. The largest absolute Gasteiger partial charge is 0.444 e. The van der Waals surface area contributed by atoms with Crippen molar-refractivity contribution in [3.8, 4) is 0 Å². The van der Waals surface area contributed by atoms with Crippen molar-refractivity contribution in [1.82, 2.24) is 10.6 Å². The van der Waals surface area contributed by atoms with Crippen LogP contribution in [0.15, 0.2) is 28.7 Å². The van der Waals surface area contributed by atoms with Crippen molar-refractivity contribution >= 4 is 33.7 Å². The SMILES string of the molecule is CC(C)(C)OC(=O)NCCNC(=O)Nc1ccc(Br)cc1. The Balaban J connectivity index is 2.19. The molecule has 3 N–H and O–H groups in total. The minimum Gasteiger partial charge on any atom is -0.444 e. The van der Waals surface area contributed by atoms with Crippen LogP contribution >= 0.6 is 15.9 Å². The third kappa shape index (κ3) is 8.19. The number of halogens is 1. The minimum absolute atomic E-state index is 0.294. The van der Waals surface area contributed by atoms with Crippen LogP contribution in [0.2, 0.25) is 0 Å². The molecule has 0 aromatic heterocycles. The second-order valence-corrected chi connectivity index (χ2v) is 6.23. The molecule has 0 unspecified atom stereocenters. The van der Waals surface area contributed by atoms with Crippen LogP contribution in [-0.2, 0) is 4.74 Å². The van der Waals surface area contributed by atoms with Gasteiger partial charge >= 0.3 is 12.1 Å². The van der Waals surface area contributed by atoms with Gasteiger partial charge in [-0.05, 0) is 45.0 Å². The maximum Gasteiger partial charge on any atom is 0.407 e. The molecule has 116 valence electrons. The molecule has 0 aliphatic heterocycles. The van der Waals surface area contributed by atoms with Crippen LogP contribution in [-0.4, -0.2) is 30.8 Å². The van der Waals surface area contributed by atoms with Gasteiger partial charge in [0, 0.05) is 23.2 Å². The minimum atomic E-state index is -0.531. The predicted octanol–water partition coefficient (Wildman–Crippen LogP) is 3.10. The molecule has 0 atom stereocenters. The van der Waals surface area contributed by atoms with Crippen molar-refractivity contribution < 1.29 is 14.3 Å². The second-order valence-electron chi connectivity index (χ2n) is 5.32. The van der Waals surface area contributed by atoms with Gasteiger partial charge in [0.15, 0.2) is 0 Å². The Labute approximate surface area is 132 Å². The standard InChI is InChI=1S/C14H20BrN3O3/c1-14(2,3)21-13(20)17-9-8-16-12(19)18-11-6-4-10(15)5-7-11/h4-7H,8-9H2,1-3H3,(H,17,20)(H2,16,18,19). The molecule has 0 saturated carbocycles. The molecule has 7 heteroatoms. The number of alkyl carbamates (subject to hydrolysis) is 1. The van der Waals surface area contributed by atoms with E-state index in [0.717, 1.165) is 4.47 Å². The Morgan fingerprint density at radius 1 is 1.10 bits per heavy atom. The van der Waals surface area contributed by atoms with Crippen LogP contribution in [0.3, 0.4) is 0 Å². The van der Waals surface area contributed by atoms with Crippen molar-refractivity contribution in [1.29, 1.82) is 0 Å². The maximum atomic E-state index is 11.6. The lowest BCUT2D eigenvalue weighted by molar-refractivity contribution is 0.0528. The number of anilines is 1. The number of hydrogen-bond acceptors (Lipinski definition) is 3. The molecule has 1 aromatic rings. The van der Waals surface area contributed by atoms with Gasteiger partial charge in [0.05, 0.1) is 0 Å². The van der Waals surface area contributed by atoms with Crippen LogP contribution in [0.1, 0.15) is 20.8 Å². The molecule has 0 saturated heterocycles. The molecule has 0 fully saturated rings. The zero-order valence-electron chi connectivity index (χ0n) is 12.3. The number of urea groups is 1. The van der Waals surface area contributed by atoms with Gasteiger partial charge in [-0.1, -0.05) is 15.9 Å². The Hall–Kier alpha value is -1.76. The normalized spacial score (nSPS) is 10.7. The highest BCUT2D eigenvalue weighted by atomic mass is 79.9. The Kier molecular flexibility index (Phi) is 6.48. The van der Waals surface area contributed by atoms with E-state index in [1.807, 2.05) is 12.1 Å². The average Bonchev–Trinajstić information content (AvgIpc) is 2.35. The van der Waals surface area contributed by atoms with Gasteiger partial charge in [-0.25, -0.2) is 9.59 Å². The molecule has 1 aromatic carbocycles. The zero-order chi connectivity index (χ0) is 15.9. The number of nitrogens with one attached hydrogen (secondary N) is 3. The number of carbonyl (C=O) groups excluding carboxylic acids is 2. The molecule has 0 aliphatic rings. The van der Waals surface area contributed by atoms with Gasteiger partial charge in [0.25, 0.3) is 0 Å². The summed E-state index contributed by atoms with van der Waals surface area (Å²) in [4.78, 5) is 23.0. The molecule has 3 amide bonds. The molecule has 0 spiro atoms. The number of carbonyl (C=O) groups is 2. The molecule has 0 bridgehead atoms. The predicted molar refractivity (Wildman–Crippen MR) is 85.4 cm³/mol. The van der Waals surface area contributed by atoms with E-state index in [4.69, 9.17) is 4.74 Å². The Morgan fingerprint density at radius 2 is 1.67 bits per heavy atom. The molecule has 1 rings (SSSR count). The third-order valence-electron chi connectivity index (χ3n) is 2.18. The highest BCUT2D eigenvalue weighted by Crippen LogP contribution is 2.13. The van der Waals surface area contributed by atoms with E-state index in [-0.39, 0.29) is 6.03 Å². The quantitative estimate of drug-likeness (QED) is 0.724. The first kappa shape index (κ1) is 17.3. The molecular weight excluding hydrogens is 338 g/mol. The maximum absolute atomic E-state index is 11.6. The summed E-state index contributed by atoms with van der Waals surface area (Å²) < 4.78 is 6.01. The van der Waals surface area contributed by atoms with Crippen LogP contribution < -0.4 is 16.0 Å². The van der Waals surface area contributed by atoms with Gasteiger partial charge in [-0.2, -0.15) is 0 Å². The molecule has 6 nitrogen and oxygen atoms in total. The third-order valence-corrected chi connectivity index (χ3v) is 2.71. The van der Waals surface area contributed by atoms with E-state index in [1.54, 1.807) is 32.9 Å². The van der Waals surface area contributed by atoms with Gasteiger partial charge in [-0.15, -0.1) is 0 Å². The van der Waals surface area contributed by atoms with Gasteiger partial charge < -0.3 is 20.7 Å². The topological polar surface area (TPSA) is 79.5 Å². The van der Waals surface area contributed by atoms with E-state index in [1.165, 1.54) is 0 Å². The smallest absolute Gasteiger partial charge is 0.407 e. The zero-order valence-corrected chi connectivity index (χ0v) is 13.9. The molecule has 21 heavy (non-hydrogen) atoms. The van der Waals surface area contributed by atoms with Crippen LogP contribution in [0.25, 0.3) is 0 Å². The summed E-state index contributed by atoms with van der Waals surface area (Å²) in [5.41, 5.74) is 0.159. The monoisotopic (exact) mass is 357 g/mol. The summed E-state index contributed by atoms with van der Waals surface area (Å²) in [5.74, 6) is 0. The van der Waals surface area contributed by atoms with Crippen LogP contribution in [0, 0.1) is 0 Å². The van der Waals surface area contributed by atoms with Crippen molar-refractivity contribution in [3.05, 3.63) is 28.7 Å². The van der Waals surface area contributed by atoms with Crippen LogP contribution in [0.4, 0.5) is 15.3 Å². The lowest BCUT2D eigenvalue weighted by Gasteiger charge is -2.19. The summed E-state index contributed by atoms with van der Waals surface area (Å²) >= 11 is 3.32. The van der Waals surface area contributed by atoms with E-state index in [9.17, 15) is 9.59 Å². The van der Waals surface area contributed by atoms with Crippen molar-refractivity contribution in [2.24, 2.45) is 0 Å². The van der Waals surface area contributed by atoms with E-state index >= 15 is 0 Å². The summed E-state index contributed by atoms with van der Waals surface area (Å²) in [6.45, 7) is 5.97. The lowest BCUT2D eigenvalue weighted by Crippen LogP contribution is -2.39.